The van der Waals surface area contributed by atoms with Crippen molar-refractivity contribution in [2.75, 3.05) is 0 Å². The van der Waals surface area contributed by atoms with E-state index in [1.54, 1.807) is 12.1 Å². The van der Waals surface area contributed by atoms with E-state index in [0.29, 0.717) is 11.6 Å². The number of carbonyl (C=O) groups is 2. The molecule has 0 atom stereocenters. The molecule has 0 unspecified atom stereocenters. The Morgan fingerprint density at radius 3 is 2.47 bits per heavy atom. The monoisotopic (exact) mass is 252 g/mol. The first kappa shape index (κ1) is 11.9. The highest BCUT2D eigenvalue weighted by atomic mass is 35.5. The van der Waals surface area contributed by atoms with Gasteiger partial charge in [0.05, 0.1) is 0 Å². The van der Waals surface area contributed by atoms with Crippen LogP contribution in [0.1, 0.15) is 18.4 Å². The predicted octanol–water partition coefficient (Wildman–Crippen LogP) is 2.08. The normalized spacial score (nSPS) is 14.2. The lowest BCUT2D eigenvalue weighted by atomic mass is 10.2. The van der Waals surface area contributed by atoms with E-state index >= 15 is 0 Å². The Hall–Kier alpha value is -1.55. The quantitative estimate of drug-likeness (QED) is 0.865. The van der Waals surface area contributed by atoms with E-state index in [1.807, 2.05) is 12.1 Å². The number of imide groups is 1. The number of nitrogens with one attached hydrogen (secondary N) is 2. The van der Waals surface area contributed by atoms with Crippen LogP contribution in [-0.4, -0.2) is 11.9 Å². The van der Waals surface area contributed by atoms with Gasteiger partial charge in [-0.25, -0.2) is 4.79 Å². The van der Waals surface area contributed by atoms with Gasteiger partial charge in [-0.3, -0.25) is 10.1 Å². The zero-order chi connectivity index (χ0) is 12.3. The molecule has 17 heavy (non-hydrogen) atoms. The number of rotatable bonds is 3. The van der Waals surface area contributed by atoms with Crippen LogP contribution in [0.25, 0.3) is 0 Å². The Labute approximate surface area is 104 Å². The second kappa shape index (κ2) is 5.19. The SMILES string of the molecule is O=C(NCc1ccc(Cl)cc1)NC(=O)C1CC1. The van der Waals surface area contributed by atoms with E-state index < -0.39 is 6.03 Å². The molecule has 0 saturated heterocycles. The summed E-state index contributed by atoms with van der Waals surface area (Å²) in [5.41, 5.74) is 0.934. The van der Waals surface area contributed by atoms with Crippen LogP contribution in [0, 0.1) is 5.92 Å². The van der Waals surface area contributed by atoms with Gasteiger partial charge >= 0.3 is 6.03 Å². The Balaban J connectivity index is 1.75. The second-order valence-corrected chi connectivity index (χ2v) is 4.51. The highest BCUT2D eigenvalue weighted by Crippen LogP contribution is 2.28. The van der Waals surface area contributed by atoms with Gasteiger partial charge in [-0.05, 0) is 30.5 Å². The van der Waals surface area contributed by atoms with Gasteiger partial charge in [-0.15, -0.1) is 0 Å². The topological polar surface area (TPSA) is 58.2 Å². The van der Waals surface area contributed by atoms with E-state index in [0.717, 1.165) is 18.4 Å². The summed E-state index contributed by atoms with van der Waals surface area (Å²) in [6, 6.07) is 6.71. The van der Waals surface area contributed by atoms with Crippen molar-refractivity contribution in [1.82, 2.24) is 10.6 Å². The molecule has 0 spiro atoms. The fraction of sp³-hybridized carbons (Fsp3) is 0.333. The molecule has 0 aromatic heterocycles. The molecule has 2 rings (SSSR count). The summed E-state index contributed by atoms with van der Waals surface area (Å²) in [6.07, 6.45) is 1.77. The van der Waals surface area contributed by atoms with E-state index in [-0.39, 0.29) is 11.8 Å². The third-order valence-electron chi connectivity index (χ3n) is 2.55. The average Bonchev–Trinajstić information content (AvgIpc) is 3.12. The first-order chi connectivity index (χ1) is 8.15. The van der Waals surface area contributed by atoms with Gasteiger partial charge in [-0.1, -0.05) is 23.7 Å². The summed E-state index contributed by atoms with van der Waals surface area (Å²) in [5, 5.41) is 5.58. The van der Waals surface area contributed by atoms with Gasteiger partial charge in [0, 0.05) is 17.5 Å². The number of benzene rings is 1. The first-order valence-electron chi connectivity index (χ1n) is 5.48. The second-order valence-electron chi connectivity index (χ2n) is 4.07. The third-order valence-corrected chi connectivity index (χ3v) is 2.80. The number of hydrogen-bond donors (Lipinski definition) is 2. The molecular formula is C12H13ClN2O2. The van der Waals surface area contributed by atoms with Crippen molar-refractivity contribution < 1.29 is 9.59 Å². The number of amides is 3. The lowest BCUT2D eigenvalue weighted by Crippen LogP contribution is -2.39. The third kappa shape index (κ3) is 3.75. The zero-order valence-electron chi connectivity index (χ0n) is 9.20. The van der Waals surface area contributed by atoms with E-state index in [1.165, 1.54) is 0 Å². The van der Waals surface area contributed by atoms with Crippen molar-refractivity contribution in [1.29, 1.82) is 0 Å². The van der Waals surface area contributed by atoms with Crippen LogP contribution in [0.15, 0.2) is 24.3 Å². The molecule has 0 radical (unpaired) electrons. The predicted molar refractivity (Wildman–Crippen MR) is 64.6 cm³/mol. The highest BCUT2D eigenvalue weighted by Gasteiger charge is 2.30. The summed E-state index contributed by atoms with van der Waals surface area (Å²) < 4.78 is 0. The van der Waals surface area contributed by atoms with Crippen molar-refractivity contribution in [3.8, 4) is 0 Å². The molecule has 1 aliphatic rings. The Morgan fingerprint density at radius 1 is 1.24 bits per heavy atom. The Bertz CT molecular complexity index is 427. The van der Waals surface area contributed by atoms with Crippen molar-refractivity contribution in [3.63, 3.8) is 0 Å². The van der Waals surface area contributed by atoms with Gasteiger partial charge < -0.3 is 5.32 Å². The molecule has 1 fully saturated rings. The molecule has 0 bridgehead atoms. The molecule has 1 saturated carbocycles. The first-order valence-corrected chi connectivity index (χ1v) is 5.86. The summed E-state index contributed by atoms with van der Waals surface area (Å²) in [4.78, 5) is 22.6. The van der Waals surface area contributed by atoms with Crippen LogP contribution in [-0.2, 0) is 11.3 Å². The molecule has 0 heterocycles. The van der Waals surface area contributed by atoms with Crippen LogP contribution >= 0.6 is 11.6 Å². The average molecular weight is 253 g/mol. The highest BCUT2D eigenvalue weighted by molar-refractivity contribution is 6.30. The smallest absolute Gasteiger partial charge is 0.321 e. The minimum atomic E-state index is -0.447. The van der Waals surface area contributed by atoms with Gasteiger partial charge in [0.15, 0.2) is 0 Å². The molecule has 1 aliphatic carbocycles. The largest absolute Gasteiger partial charge is 0.334 e. The minimum absolute atomic E-state index is 0.0382. The maximum absolute atomic E-state index is 11.4. The summed E-state index contributed by atoms with van der Waals surface area (Å²) in [7, 11) is 0. The van der Waals surface area contributed by atoms with E-state index in [9.17, 15) is 9.59 Å². The lowest BCUT2D eigenvalue weighted by molar-refractivity contribution is -0.121. The molecule has 3 amide bonds. The Morgan fingerprint density at radius 2 is 1.88 bits per heavy atom. The number of urea groups is 1. The van der Waals surface area contributed by atoms with Crippen LogP contribution < -0.4 is 10.6 Å². The Kier molecular flexibility index (Phi) is 3.64. The minimum Gasteiger partial charge on any atom is -0.334 e. The number of halogens is 1. The van der Waals surface area contributed by atoms with Crippen molar-refractivity contribution >= 4 is 23.5 Å². The van der Waals surface area contributed by atoms with Crippen molar-refractivity contribution in [2.24, 2.45) is 5.92 Å². The van der Waals surface area contributed by atoms with Crippen LogP contribution in [0.4, 0.5) is 4.79 Å². The number of carbonyl (C=O) groups excluding carboxylic acids is 2. The molecule has 0 aliphatic heterocycles. The van der Waals surface area contributed by atoms with Gasteiger partial charge in [0.25, 0.3) is 0 Å². The lowest BCUT2D eigenvalue weighted by Gasteiger charge is -2.06. The fourth-order valence-electron chi connectivity index (χ4n) is 1.39. The van der Waals surface area contributed by atoms with Crippen LogP contribution in [0.2, 0.25) is 5.02 Å². The summed E-state index contributed by atoms with van der Waals surface area (Å²) in [5.74, 6) is -0.144. The maximum atomic E-state index is 11.4. The number of hydrogen-bond acceptors (Lipinski definition) is 2. The fourth-order valence-corrected chi connectivity index (χ4v) is 1.51. The molecule has 5 heteroatoms. The molecule has 4 nitrogen and oxygen atoms in total. The molecule has 2 N–H and O–H groups in total. The van der Waals surface area contributed by atoms with Crippen molar-refractivity contribution in [2.45, 2.75) is 19.4 Å². The van der Waals surface area contributed by atoms with Gasteiger partial charge in [0.2, 0.25) is 5.91 Å². The van der Waals surface area contributed by atoms with Gasteiger partial charge in [0.1, 0.15) is 0 Å². The molecule has 90 valence electrons. The molecule has 1 aromatic carbocycles. The molecule has 1 aromatic rings. The summed E-state index contributed by atoms with van der Waals surface area (Å²) in [6.45, 7) is 0.376. The van der Waals surface area contributed by atoms with Crippen molar-refractivity contribution in [3.05, 3.63) is 34.9 Å². The standard InChI is InChI=1S/C12H13ClN2O2/c13-10-5-1-8(2-6-10)7-14-12(17)15-11(16)9-3-4-9/h1-2,5-6,9H,3-4,7H2,(H2,14,15,16,17). The van der Waals surface area contributed by atoms with Crippen LogP contribution in [0.5, 0.6) is 0 Å². The van der Waals surface area contributed by atoms with Crippen LogP contribution in [0.3, 0.4) is 0 Å². The van der Waals surface area contributed by atoms with E-state index in [2.05, 4.69) is 10.6 Å². The van der Waals surface area contributed by atoms with Gasteiger partial charge in [-0.2, -0.15) is 0 Å². The molecular weight excluding hydrogens is 240 g/mol. The van der Waals surface area contributed by atoms with E-state index in [4.69, 9.17) is 11.6 Å². The maximum Gasteiger partial charge on any atom is 0.321 e. The summed E-state index contributed by atoms with van der Waals surface area (Å²) >= 11 is 5.74. The zero-order valence-corrected chi connectivity index (χ0v) is 9.96.